The van der Waals surface area contributed by atoms with E-state index in [0.717, 1.165) is 24.2 Å². The summed E-state index contributed by atoms with van der Waals surface area (Å²) in [5.74, 6) is 0.366. The summed E-state index contributed by atoms with van der Waals surface area (Å²) >= 11 is 0.980. The summed E-state index contributed by atoms with van der Waals surface area (Å²) in [7, 11) is -3.75. The molecule has 2 rings (SSSR count). The highest BCUT2D eigenvalue weighted by molar-refractivity contribution is 7.91. The van der Waals surface area contributed by atoms with Crippen LogP contribution in [-0.4, -0.2) is 32.3 Å². The molecule has 22 heavy (non-hydrogen) atoms. The van der Waals surface area contributed by atoms with Gasteiger partial charge in [0.05, 0.1) is 5.56 Å². The first-order valence-electron chi connectivity index (χ1n) is 7.43. The lowest BCUT2D eigenvalue weighted by Gasteiger charge is -2.29. The molecule has 1 aromatic heterocycles. The highest BCUT2D eigenvalue weighted by Gasteiger charge is 2.23. The van der Waals surface area contributed by atoms with E-state index in [0.29, 0.717) is 24.6 Å². The molecule has 0 aromatic carbocycles. The second-order valence-electron chi connectivity index (χ2n) is 5.70. The van der Waals surface area contributed by atoms with Crippen molar-refractivity contribution in [3.8, 4) is 0 Å². The van der Waals surface area contributed by atoms with Crippen LogP contribution in [0.2, 0.25) is 0 Å². The fourth-order valence-electron chi connectivity index (χ4n) is 2.84. The second-order valence-corrected chi connectivity index (χ2v) is 8.40. The van der Waals surface area contributed by atoms with E-state index in [2.05, 4.69) is 6.58 Å². The number of carbonyl (C=O) groups excluding carboxylic acids is 1. The van der Waals surface area contributed by atoms with Crippen LogP contribution >= 0.6 is 11.3 Å². The molecule has 1 aliphatic rings. The van der Waals surface area contributed by atoms with Gasteiger partial charge in [-0.3, -0.25) is 4.79 Å². The van der Waals surface area contributed by atoms with Crippen molar-refractivity contribution >= 4 is 27.3 Å². The normalized spacial score (nSPS) is 16.4. The Morgan fingerprint density at radius 1 is 1.41 bits per heavy atom. The van der Waals surface area contributed by atoms with Crippen molar-refractivity contribution in [3.63, 3.8) is 0 Å². The van der Waals surface area contributed by atoms with E-state index < -0.39 is 10.0 Å². The molecule has 1 saturated carbocycles. The maximum atomic E-state index is 12.6. The van der Waals surface area contributed by atoms with Crippen molar-refractivity contribution in [2.24, 2.45) is 11.1 Å². The lowest BCUT2D eigenvalue weighted by Crippen LogP contribution is -2.36. The molecule has 5 nitrogen and oxygen atoms in total. The third-order valence-corrected chi connectivity index (χ3v) is 6.33. The van der Waals surface area contributed by atoms with Crippen LogP contribution in [0.5, 0.6) is 0 Å². The van der Waals surface area contributed by atoms with Crippen molar-refractivity contribution in [1.82, 2.24) is 4.90 Å². The van der Waals surface area contributed by atoms with Gasteiger partial charge in [0.1, 0.15) is 4.21 Å². The van der Waals surface area contributed by atoms with E-state index in [1.54, 1.807) is 16.4 Å². The van der Waals surface area contributed by atoms with E-state index in [1.165, 1.54) is 25.3 Å². The molecule has 0 radical (unpaired) electrons. The van der Waals surface area contributed by atoms with Crippen molar-refractivity contribution in [1.29, 1.82) is 0 Å². The zero-order chi connectivity index (χ0) is 16.2. The molecule has 1 heterocycles. The number of sulfonamides is 1. The van der Waals surface area contributed by atoms with E-state index in [1.807, 2.05) is 0 Å². The lowest BCUT2D eigenvalue weighted by atomic mass is 9.89. The Balaban J connectivity index is 2.11. The van der Waals surface area contributed by atoms with Gasteiger partial charge < -0.3 is 4.90 Å². The van der Waals surface area contributed by atoms with Crippen LogP contribution in [0.3, 0.4) is 0 Å². The van der Waals surface area contributed by atoms with Gasteiger partial charge in [0.25, 0.3) is 5.91 Å². The van der Waals surface area contributed by atoms with Crippen LogP contribution in [0, 0.1) is 5.92 Å². The molecule has 0 spiro atoms. The van der Waals surface area contributed by atoms with E-state index in [-0.39, 0.29) is 10.1 Å². The van der Waals surface area contributed by atoms with Crippen LogP contribution < -0.4 is 5.14 Å². The minimum atomic E-state index is -3.75. The third-order valence-electron chi connectivity index (χ3n) is 3.94. The third kappa shape index (κ3) is 4.41. The molecule has 0 atom stereocenters. The van der Waals surface area contributed by atoms with Crippen LogP contribution in [-0.2, 0) is 10.0 Å². The molecular weight excluding hydrogens is 320 g/mol. The maximum absolute atomic E-state index is 12.6. The smallest absolute Gasteiger partial charge is 0.255 e. The van der Waals surface area contributed by atoms with Gasteiger partial charge in [-0.1, -0.05) is 25.3 Å². The van der Waals surface area contributed by atoms with Gasteiger partial charge >= 0.3 is 0 Å². The van der Waals surface area contributed by atoms with Gasteiger partial charge in [-0.25, -0.2) is 13.6 Å². The number of hydrogen-bond acceptors (Lipinski definition) is 4. The van der Waals surface area contributed by atoms with Gasteiger partial charge in [-0.2, -0.15) is 0 Å². The number of primary sulfonamides is 1. The number of rotatable bonds is 6. The van der Waals surface area contributed by atoms with E-state index in [9.17, 15) is 13.2 Å². The van der Waals surface area contributed by atoms with E-state index >= 15 is 0 Å². The highest BCUT2D eigenvalue weighted by atomic mass is 32.2. The van der Waals surface area contributed by atoms with Gasteiger partial charge in [0, 0.05) is 18.5 Å². The summed E-state index contributed by atoms with van der Waals surface area (Å²) in [6, 6.07) is 1.36. The molecule has 1 aliphatic carbocycles. The Bertz CT molecular complexity index is 631. The molecule has 0 aliphatic heterocycles. The van der Waals surface area contributed by atoms with Crippen LogP contribution in [0.1, 0.15) is 42.5 Å². The largest absolute Gasteiger partial charge is 0.335 e. The minimum Gasteiger partial charge on any atom is -0.335 e. The Morgan fingerprint density at radius 2 is 2.09 bits per heavy atom. The second kappa shape index (κ2) is 7.39. The Labute approximate surface area is 135 Å². The van der Waals surface area contributed by atoms with Crippen LogP contribution in [0.4, 0.5) is 0 Å². The number of nitrogens with two attached hydrogens (primary N) is 1. The van der Waals surface area contributed by atoms with Crippen LogP contribution in [0.15, 0.2) is 28.3 Å². The molecule has 1 fully saturated rings. The van der Waals surface area contributed by atoms with Crippen molar-refractivity contribution < 1.29 is 13.2 Å². The van der Waals surface area contributed by atoms with Gasteiger partial charge in [-0.15, -0.1) is 17.9 Å². The number of nitrogens with zero attached hydrogens (tertiary/aromatic N) is 1. The van der Waals surface area contributed by atoms with E-state index in [4.69, 9.17) is 5.14 Å². The number of hydrogen-bond donors (Lipinski definition) is 1. The Kier molecular flexibility index (Phi) is 5.77. The minimum absolute atomic E-state index is 0.0204. The summed E-state index contributed by atoms with van der Waals surface area (Å²) in [4.78, 5) is 14.3. The summed E-state index contributed by atoms with van der Waals surface area (Å²) < 4.78 is 22.7. The first-order chi connectivity index (χ1) is 10.4. The van der Waals surface area contributed by atoms with Gasteiger partial charge in [-0.05, 0) is 24.8 Å². The molecule has 2 N–H and O–H groups in total. The zero-order valence-corrected chi connectivity index (χ0v) is 14.2. The fourth-order valence-corrected chi connectivity index (χ4v) is 4.42. The molecule has 122 valence electrons. The predicted molar refractivity (Wildman–Crippen MR) is 88.4 cm³/mol. The number of amides is 1. The summed E-state index contributed by atoms with van der Waals surface area (Å²) in [5, 5.41) is 6.65. The van der Waals surface area contributed by atoms with Gasteiger partial charge in [0.15, 0.2) is 0 Å². The quantitative estimate of drug-likeness (QED) is 0.807. The number of thiophene rings is 1. The van der Waals surface area contributed by atoms with Crippen LogP contribution in [0.25, 0.3) is 0 Å². The monoisotopic (exact) mass is 342 g/mol. The van der Waals surface area contributed by atoms with Crippen molar-refractivity contribution in [2.75, 3.05) is 13.1 Å². The molecule has 7 heteroatoms. The zero-order valence-electron chi connectivity index (χ0n) is 12.5. The standard InChI is InChI=1S/C15H22N2O3S2/c1-2-8-17(10-12-6-4-3-5-7-12)15(18)13-9-14(21-11-13)22(16,19)20/h2,9,11-12H,1,3-8,10H2,(H2,16,19,20). The predicted octanol–water partition coefficient (Wildman–Crippen LogP) is 2.60. The molecule has 0 saturated heterocycles. The lowest BCUT2D eigenvalue weighted by molar-refractivity contribution is 0.0736. The molecule has 1 aromatic rings. The summed E-state index contributed by atoms with van der Waals surface area (Å²) in [6.45, 7) is 4.87. The first kappa shape index (κ1) is 17.2. The fraction of sp³-hybridized carbons (Fsp3) is 0.533. The molecule has 1 amide bonds. The number of carbonyl (C=O) groups is 1. The summed E-state index contributed by atoms with van der Waals surface area (Å²) in [6.07, 6.45) is 7.70. The Hall–Kier alpha value is -1.18. The highest BCUT2D eigenvalue weighted by Crippen LogP contribution is 2.26. The van der Waals surface area contributed by atoms with Gasteiger partial charge in [0.2, 0.25) is 10.0 Å². The van der Waals surface area contributed by atoms with Crippen molar-refractivity contribution in [2.45, 2.75) is 36.3 Å². The first-order valence-corrected chi connectivity index (χ1v) is 9.86. The molecule has 0 bridgehead atoms. The van der Waals surface area contributed by atoms with Crippen molar-refractivity contribution in [3.05, 3.63) is 29.7 Å². The molecular formula is C15H22N2O3S2. The topological polar surface area (TPSA) is 80.5 Å². The Morgan fingerprint density at radius 3 is 2.64 bits per heavy atom. The average molecular weight is 342 g/mol. The SMILES string of the molecule is C=CCN(CC1CCCCC1)C(=O)c1csc(S(N)(=O)=O)c1. The average Bonchev–Trinajstić information content (AvgIpc) is 2.97. The maximum Gasteiger partial charge on any atom is 0.255 e. The molecule has 0 unspecified atom stereocenters. The summed E-state index contributed by atoms with van der Waals surface area (Å²) in [5.41, 5.74) is 0.381.